The molecule has 0 fully saturated rings. The van der Waals surface area contributed by atoms with E-state index in [2.05, 4.69) is 10.2 Å². The molecular weight excluding hydrogens is 298 g/mol. The highest BCUT2D eigenvalue weighted by atomic mass is 16.2. The Labute approximate surface area is 141 Å². The molecule has 0 spiro atoms. The molecule has 0 aliphatic heterocycles. The van der Waals surface area contributed by atoms with Crippen LogP contribution in [-0.2, 0) is 0 Å². The van der Waals surface area contributed by atoms with Crippen LogP contribution in [0.5, 0.6) is 0 Å². The number of nitrogens with zero attached hydrogens (tertiary/aromatic N) is 3. The second-order valence-corrected chi connectivity index (χ2v) is 5.75. The van der Waals surface area contributed by atoms with Gasteiger partial charge in [0, 0.05) is 18.2 Å². The first-order chi connectivity index (χ1) is 11.6. The Balaban J connectivity index is 1.86. The van der Waals surface area contributed by atoms with E-state index in [1.807, 2.05) is 74.5 Å². The summed E-state index contributed by atoms with van der Waals surface area (Å²) < 4.78 is 0. The molecule has 1 amide bonds. The van der Waals surface area contributed by atoms with E-state index in [0.717, 1.165) is 22.4 Å². The monoisotopic (exact) mass is 317 g/mol. The predicted octanol–water partition coefficient (Wildman–Crippen LogP) is 4.04. The fraction of sp³-hybridized carbons (Fsp3) is 0.150. The Kier molecular flexibility index (Phi) is 4.38. The molecule has 2 aromatic carbocycles. The Morgan fingerprint density at radius 3 is 2.29 bits per heavy atom. The highest BCUT2D eigenvalue weighted by Gasteiger charge is 2.17. The topological polar surface area (TPSA) is 46.1 Å². The molecule has 0 aliphatic carbocycles. The van der Waals surface area contributed by atoms with E-state index in [9.17, 15) is 4.79 Å². The van der Waals surface area contributed by atoms with Gasteiger partial charge in [0.1, 0.15) is 0 Å². The van der Waals surface area contributed by atoms with Crippen molar-refractivity contribution in [1.29, 1.82) is 0 Å². The SMILES string of the molecule is Cc1cccc(C(=O)N(C)c2ccc(-c3ccccc3)nn2)c1C. The average Bonchev–Trinajstić information content (AvgIpc) is 2.64. The highest BCUT2D eigenvalue weighted by molar-refractivity contribution is 6.06. The van der Waals surface area contributed by atoms with Crippen molar-refractivity contribution in [3.05, 3.63) is 77.4 Å². The van der Waals surface area contributed by atoms with Crippen LogP contribution in [0.4, 0.5) is 5.82 Å². The van der Waals surface area contributed by atoms with Crippen molar-refractivity contribution in [3.8, 4) is 11.3 Å². The lowest BCUT2D eigenvalue weighted by molar-refractivity contribution is 0.0991. The van der Waals surface area contributed by atoms with E-state index >= 15 is 0 Å². The fourth-order valence-corrected chi connectivity index (χ4v) is 2.53. The smallest absolute Gasteiger partial charge is 0.259 e. The van der Waals surface area contributed by atoms with Gasteiger partial charge in [0.05, 0.1) is 5.69 Å². The standard InChI is InChI=1S/C20H19N3O/c1-14-8-7-11-17(15(14)2)20(24)23(3)19-13-12-18(21-22-19)16-9-5-4-6-10-16/h4-13H,1-3H3. The first kappa shape index (κ1) is 15.9. The molecule has 3 rings (SSSR count). The van der Waals surface area contributed by atoms with Crippen molar-refractivity contribution >= 4 is 11.7 Å². The van der Waals surface area contributed by atoms with Crippen LogP contribution < -0.4 is 4.90 Å². The summed E-state index contributed by atoms with van der Waals surface area (Å²) in [4.78, 5) is 14.3. The molecule has 0 unspecified atom stereocenters. The van der Waals surface area contributed by atoms with E-state index in [1.165, 1.54) is 4.90 Å². The number of carbonyl (C=O) groups is 1. The van der Waals surface area contributed by atoms with E-state index in [4.69, 9.17) is 0 Å². The molecule has 4 nitrogen and oxygen atoms in total. The summed E-state index contributed by atoms with van der Waals surface area (Å²) in [5, 5.41) is 8.45. The number of hydrogen-bond donors (Lipinski definition) is 0. The summed E-state index contributed by atoms with van der Waals surface area (Å²) >= 11 is 0. The number of benzene rings is 2. The third-order valence-corrected chi connectivity index (χ3v) is 4.20. The lowest BCUT2D eigenvalue weighted by Crippen LogP contribution is -2.28. The van der Waals surface area contributed by atoms with Crippen LogP contribution in [0.15, 0.2) is 60.7 Å². The lowest BCUT2D eigenvalue weighted by Gasteiger charge is -2.17. The van der Waals surface area contributed by atoms with Crippen molar-refractivity contribution in [2.24, 2.45) is 0 Å². The van der Waals surface area contributed by atoms with Crippen molar-refractivity contribution in [2.45, 2.75) is 13.8 Å². The molecule has 0 radical (unpaired) electrons. The summed E-state index contributed by atoms with van der Waals surface area (Å²) in [6, 6.07) is 19.3. The van der Waals surface area contributed by atoms with Crippen molar-refractivity contribution in [2.75, 3.05) is 11.9 Å². The minimum atomic E-state index is -0.0852. The first-order valence-electron chi connectivity index (χ1n) is 7.81. The van der Waals surface area contributed by atoms with Gasteiger partial charge in [0.15, 0.2) is 5.82 Å². The van der Waals surface area contributed by atoms with Gasteiger partial charge in [-0.1, -0.05) is 42.5 Å². The van der Waals surface area contributed by atoms with Crippen LogP contribution in [0.1, 0.15) is 21.5 Å². The fourth-order valence-electron chi connectivity index (χ4n) is 2.53. The molecule has 1 aromatic heterocycles. The van der Waals surface area contributed by atoms with Gasteiger partial charge in [-0.15, -0.1) is 10.2 Å². The maximum absolute atomic E-state index is 12.7. The Morgan fingerprint density at radius 1 is 0.875 bits per heavy atom. The highest BCUT2D eigenvalue weighted by Crippen LogP contribution is 2.20. The van der Waals surface area contributed by atoms with Crippen molar-refractivity contribution in [1.82, 2.24) is 10.2 Å². The zero-order chi connectivity index (χ0) is 17.1. The molecule has 0 bridgehead atoms. The largest absolute Gasteiger partial charge is 0.294 e. The molecule has 24 heavy (non-hydrogen) atoms. The Morgan fingerprint density at radius 2 is 1.62 bits per heavy atom. The van der Waals surface area contributed by atoms with Gasteiger partial charge < -0.3 is 0 Å². The zero-order valence-electron chi connectivity index (χ0n) is 14.0. The molecule has 0 atom stereocenters. The van der Waals surface area contributed by atoms with Crippen molar-refractivity contribution < 1.29 is 4.79 Å². The van der Waals surface area contributed by atoms with Gasteiger partial charge in [-0.3, -0.25) is 9.69 Å². The number of amides is 1. The number of anilines is 1. The number of aromatic nitrogens is 2. The van der Waals surface area contributed by atoms with Crippen LogP contribution in [-0.4, -0.2) is 23.2 Å². The third-order valence-electron chi connectivity index (χ3n) is 4.20. The van der Waals surface area contributed by atoms with Crippen LogP contribution in [0.25, 0.3) is 11.3 Å². The summed E-state index contributed by atoms with van der Waals surface area (Å²) in [5.41, 5.74) is 4.56. The molecular formula is C20H19N3O. The number of hydrogen-bond acceptors (Lipinski definition) is 3. The number of aryl methyl sites for hydroxylation is 1. The van der Waals surface area contributed by atoms with Gasteiger partial charge in [-0.05, 0) is 43.2 Å². The molecule has 1 heterocycles. The lowest BCUT2D eigenvalue weighted by atomic mass is 10.0. The van der Waals surface area contributed by atoms with Crippen LogP contribution >= 0.6 is 0 Å². The van der Waals surface area contributed by atoms with E-state index in [-0.39, 0.29) is 5.91 Å². The van der Waals surface area contributed by atoms with Gasteiger partial charge >= 0.3 is 0 Å². The molecule has 4 heteroatoms. The molecule has 120 valence electrons. The summed E-state index contributed by atoms with van der Waals surface area (Å²) in [6.07, 6.45) is 0. The summed E-state index contributed by atoms with van der Waals surface area (Å²) in [7, 11) is 1.72. The first-order valence-corrected chi connectivity index (χ1v) is 7.81. The van der Waals surface area contributed by atoms with Gasteiger partial charge in [-0.2, -0.15) is 0 Å². The second kappa shape index (κ2) is 6.62. The predicted molar refractivity (Wildman–Crippen MR) is 96.1 cm³/mol. The average molecular weight is 317 g/mol. The maximum Gasteiger partial charge on any atom is 0.259 e. The van der Waals surface area contributed by atoms with Crippen LogP contribution in [0, 0.1) is 13.8 Å². The number of rotatable bonds is 3. The molecule has 0 aliphatic rings. The van der Waals surface area contributed by atoms with Gasteiger partial charge in [0.25, 0.3) is 5.91 Å². The summed E-state index contributed by atoms with van der Waals surface area (Å²) in [5.74, 6) is 0.443. The minimum Gasteiger partial charge on any atom is -0.294 e. The van der Waals surface area contributed by atoms with Crippen LogP contribution in [0.3, 0.4) is 0 Å². The normalized spacial score (nSPS) is 10.5. The quantitative estimate of drug-likeness (QED) is 0.732. The van der Waals surface area contributed by atoms with E-state index < -0.39 is 0 Å². The van der Waals surface area contributed by atoms with Gasteiger partial charge in [-0.25, -0.2) is 0 Å². The second-order valence-electron chi connectivity index (χ2n) is 5.75. The molecule has 0 saturated heterocycles. The zero-order valence-corrected chi connectivity index (χ0v) is 14.0. The maximum atomic E-state index is 12.7. The number of carbonyl (C=O) groups excluding carboxylic acids is 1. The third kappa shape index (κ3) is 3.04. The van der Waals surface area contributed by atoms with E-state index in [1.54, 1.807) is 7.05 Å². The Hall–Kier alpha value is -3.01. The molecule has 3 aromatic rings. The van der Waals surface area contributed by atoms with E-state index in [0.29, 0.717) is 11.4 Å². The summed E-state index contributed by atoms with van der Waals surface area (Å²) in [6.45, 7) is 3.96. The van der Waals surface area contributed by atoms with Crippen LogP contribution in [0.2, 0.25) is 0 Å². The van der Waals surface area contributed by atoms with Gasteiger partial charge in [0.2, 0.25) is 0 Å². The van der Waals surface area contributed by atoms with Crippen molar-refractivity contribution in [3.63, 3.8) is 0 Å². The molecule has 0 N–H and O–H groups in total. The molecule has 0 saturated carbocycles. The Bertz CT molecular complexity index is 858. The minimum absolute atomic E-state index is 0.0852.